The summed E-state index contributed by atoms with van der Waals surface area (Å²) < 4.78 is 24.7. The highest BCUT2D eigenvalue weighted by Gasteiger charge is 2.20. The van der Waals surface area contributed by atoms with Crippen LogP contribution in [0.4, 0.5) is 0 Å². The molecule has 0 aliphatic rings. The molecular weight excluding hydrogens is 186 g/mol. The van der Waals surface area contributed by atoms with Gasteiger partial charge in [-0.25, -0.2) is 12.7 Å². The van der Waals surface area contributed by atoms with E-state index >= 15 is 0 Å². The molecule has 0 aromatic rings. The maximum Gasteiger partial charge on any atom is 0.214 e. The van der Waals surface area contributed by atoms with E-state index in [9.17, 15) is 8.42 Å². The van der Waals surface area contributed by atoms with E-state index in [2.05, 4.69) is 6.92 Å². The van der Waals surface area contributed by atoms with Gasteiger partial charge in [-0.1, -0.05) is 20.8 Å². The van der Waals surface area contributed by atoms with E-state index in [4.69, 9.17) is 0 Å². The van der Waals surface area contributed by atoms with E-state index in [-0.39, 0.29) is 11.7 Å². The van der Waals surface area contributed by atoms with Crippen molar-refractivity contribution in [2.24, 2.45) is 5.92 Å². The summed E-state index contributed by atoms with van der Waals surface area (Å²) in [5.74, 6) is 0.401. The highest BCUT2D eigenvalue weighted by atomic mass is 32.2. The van der Waals surface area contributed by atoms with E-state index in [0.29, 0.717) is 13.1 Å². The van der Waals surface area contributed by atoms with Crippen LogP contribution < -0.4 is 0 Å². The van der Waals surface area contributed by atoms with Crippen LogP contribution in [-0.2, 0) is 10.0 Å². The van der Waals surface area contributed by atoms with Crippen LogP contribution in [0, 0.1) is 12.8 Å². The predicted octanol–water partition coefficient (Wildman–Crippen LogP) is 1.52. The Kier molecular flexibility index (Phi) is 5.56. The van der Waals surface area contributed by atoms with Gasteiger partial charge in [0.25, 0.3) is 0 Å². The summed E-state index contributed by atoms with van der Waals surface area (Å²) in [6.07, 6.45) is 0.840. The van der Waals surface area contributed by atoms with Crippen LogP contribution in [0.5, 0.6) is 0 Å². The zero-order valence-electron chi connectivity index (χ0n) is 8.78. The molecule has 1 radical (unpaired) electrons. The highest BCUT2D eigenvalue weighted by molar-refractivity contribution is 7.89. The molecule has 0 atom stereocenters. The van der Waals surface area contributed by atoms with Crippen LogP contribution in [0.25, 0.3) is 0 Å². The van der Waals surface area contributed by atoms with E-state index in [1.165, 1.54) is 4.31 Å². The van der Waals surface area contributed by atoms with Crippen LogP contribution in [0.15, 0.2) is 0 Å². The monoisotopic (exact) mass is 206 g/mol. The maximum absolute atomic E-state index is 11.6. The molecule has 4 heteroatoms. The average molecular weight is 206 g/mol. The fourth-order valence-corrected chi connectivity index (χ4v) is 2.96. The Labute approximate surface area is 82.2 Å². The Morgan fingerprint density at radius 3 is 2.23 bits per heavy atom. The van der Waals surface area contributed by atoms with Crippen molar-refractivity contribution in [1.29, 1.82) is 0 Å². The van der Waals surface area contributed by atoms with Gasteiger partial charge in [0.05, 0.1) is 5.75 Å². The van der Waals surface area contributed by atoms with Gasteiger partial charge in [-0.15, -0.1) is 0 Å². The normalized spacial score (nSPS) is 12.8. The number of hydrogen-bond acceptors (Lipinski definition) is 2. The SMILES string of the molecule is [CH2]CN(CCC)S(=O)(=O)CC(C)C. The Hall–Kier alpha value is -0.0900. The van der Waals surface area contributed by atoms with Crippen molar-refractivity contribution in [2.45, 2.75) is 27.2 Å². The van der Waals surface area contributed by atoms with Crippen molar-refractivity contribution in [1.82, 2.24) is 4.31 Å². The maximum atomic E-state index is 11.6. The first-order valence-corrected chi connectivity index (χ1v) is 6.32. The standard InChI is InChI=1S/C9H20NO2S/c1-5-7-10(6-2)13(11,12)8-9(3)4/h9H,2,5-8H2,1,3-4H3. The van der Waals surface area contributed by atoms with Crippen LogP contribution in [0.2, 0.25) is 0 Å². The molecule has 0 rings (SSSR count). The minimum absolute atomic E-state index is 0.177. The first kappa shape index (κ1) is 12.9. The van der Waals surface area contributed by atoms with E-state index in [1.54, 1.807) is 0 Å². The minimum atomic E-state index is -3.06. The van der Waals surface area contributed by atoms with Crippen LogP contribution in [0.3, 0.4) is 0 Å². The van der Waals surface area contributed by atoms with Gasteiger partial charge in [-0.3, -0.25) is 0 Å². The third-order valence-electron chi connectivity index (χ3n) is 1.66. The molecule has 0 saturated heterocycles. The third-order valence-corrected chi connectivity index (χ3v) is 3.90. The molecule has 3 nitrogen and oxygen atoms in total. The molecular formula is C9H20NO2S. The Morgan fingerprint density at radius 1 is 1.38 bits per heavy atom. The minimum Gasteiger partial charge on any atom is -0.212 e. The van der Waals surface area contributed by atoms with E-state index < -0.39 is 10.0 Å². The first-order chi connectivity index (χ1) is 5.94. The molecule has 0 aliphatic heterocycles. The molecule has 0 saturated carbocycles. The summed E-state index contributed by atoms with van der Waals surface area (Å²) in [6.45, 7) is 10.3. The van der Waals surface area contributed by atoms with Gasteiger partial charge in [0.15, 0.2) is 0 Å². The van der Waals surface area contributed by atoms with Crippen LogP contribution in [-0.4, -0.2) is 31.6 Å². The summed E-state index contributed by atoms with van der Waals surface area (Å²) in [6, 6.07) is 0. The molecule has 0 aromatic carbocycles. The number of nitrogens with zero attached hydrogens (tertiary/aromatic N) is 1. The van der Waals surface area contributed by atoms with Crippen molar-refractivity contribution >= 4 is 10.0 Å². The fraction of sp³-hybridized carbons (Fsp3) is 0.889. The molecule has 0 bridgehead atoms. The van der Waals surface area contributed by atoms with Crippen molar-refractivity contribution in [3.63, 3.8) is 0 Å². The number of rotatable bonds is 6. The second kappa shape index (κ2) is 5.60. The second-order valence-corrected chi connectivity index (χ2v) is 5.59. The van der Waals surface area contributed by atoms with E-state index in [1.807, 2.05) is 20.8 Å². The largest absolute Gasteiger partial charge is 0.214 e. The highest BCUT2D eigenvalue weighted by Crippen LogP contribution is 2.07. The van der Waals surface area contributed by atoms with Gasteiger partial charge in [-0.05, 0) is 19.3 Å². The van der Waals surface area contributed by atoms with Crippen molar-refractivity contribution in [2.75, 3.05) is 18.8 Å². The lowest BCUT2D eigenvalue weighted by atomic mass is 10.3. The summed E-state index contributed by atoms with van der Waals surface area (Å²) in [7, 11) is -3.06. The molecule has 0 amide bonds. The summed E-state index contributed by atoms with van der Waals surface area (Å²) in [4.78, 5) is 0. The zero-order chi connectivity index (χ0) is 10.5. The lowest BCUT2D eigenvalue weighted by molar-refractivity contribution is 0.435. The van der Waals surface area contributed by atoms with Gasteiger partial charge in [0, 0.05) is 13.1 Å². The van der Waals surface area contributed by atoms with Gasteiger partial charge < -0.3 is 0 Å². The number of hydrogen-bond donors (Lipinski definition) is 0. The topological polar surface area (TPSA) is 37.4 Å². The first-order valence-electron chi connectivity index (χ1n) is 4.71. The molecule has 0 N–H and O–H groups in total. The molecule has 0 spiro atoms. The molecule has 79 valence electrons. The summed E-state index contributed by atoms with van der Waals surface area (Å²) in [5, 5.41) is 0. The van der Waals surface area contributed by atoms with Gasteiger partial charge in [-0.2, -0.15) is 0 Å². The number of sulfonamides is 1. The van der Waals surface area contributed by atoms with Gasteiger partial charge in [0.2, 0.25) is 10.0 Å². The van der Waals surface area contributed by atoms with Crippen molar-refractivity contribution in [3.05, 3.63) is 6.92 Å². The van der Waals surface area contributed by atoms with Crippen LogP contribution in [0.1, 0.15) is 27.2 Å². The van der Waals surface area contributed by atoms with Gasteiger partial charge >= 0.3 is 0 Å². The Bertz CT molecular complexity index is 222. The molecule has 0 aliphatic carbocycles. The van der Waals surface area contributed by atoms with Crippen LogP contribution >= 0.6 is 0 Å². The summed E-state index contributed by atoms with van der Waals surface area (Å²) in [5.41, 5.74) is 0. The molecule has 0 heterocycles. The summed E-state index contributed by atoms with van der Waals surface area (Å²) >= 11 is 0. The smallest absolute Gasteiger partial charge is 0.212 e. The molecule has 0 unspecified atom stereocenters. The van der Waals surface area contributed by atoms with Crippen molar-refractivity contribution in [3.8, 4) is 0 Å². The molecule has 0 aromatic heterocycles. The molecule has 0 fully saturated rings. The fourth-order valence-electron chi connectivity index (χ4n) is 1.17. The average Bonchev–Trinajstić information content (AvgIpc) is 1.97. The van der Waals surface area contributed by atoms with E-state index in [0.717, 1.165) is 6.42 Å². The van der Waals surface area contributed by atoms with Crippen molar-refractivity contribution < 1.29 is 8.42 Å². The quantitative estimate of drug-likeness (QED) is 0.660. The Morgan fingerprint density at radius 2 is 1.92 bits per heavy atom. The molecule has 13 heavy (non-hydrogen) atoms. The lowest BCUT2D eigenvalue weighted by Crippen LogP contribution is -2.34. The Balaban J connectivity index is 4.39. The second-order valence-electron chi connectivity index (χ2n) is 3.57. The van der Waals surface area contributed by atoms with Gasteiger partial charge in [0.1, 0.15) is 0 Å². The lowest BCUT2D eigenvalue weighted by Gasteiger charge is -2.20. The predicted molar refractivity (Wildman–Crippen MR) is 55.8 cm³/mol. The zero-order valence-corrected chi connectivity index (χ0v) is 9.60. The third kappa shape index (κ3) is 4.62.